The first kappa shape index (κ1) is 11.1. The quantitative estimate of drug-likeness (QED) is 0.665. The molecule has 0 aromatic carbocycles. The molecule has 0 bridgehead atoms. The van der Waals surface area contributed by atoms with Gasteiger partial charge in [-0.05, 0) is 61.2 Å². The molecule has 0 unspecified atom stereocenters. The van der Waals surface area contributed by atoms with Crippen LogP contribution < -0.4 is 0 Å². The van der Waals surface area contributed by atoms with E-state index in [1.807, 2.05) is 0 Å². The van der Waals surface area contributed by atoms with Gasteiger partial charge < -0.3 is 5.11 Å². The zero-order chi connectivity index (χ0) is 11.7. The summed E-state index contributed by atoms with van der Waals surface area (Å²) in [5.74, 6) is 4.03. The van der Waals surface area contributed by atoms with E-state index >= 15 is 0 Å². The third kappa shape index (κ3) is 1.27. The fraction of sp³-hybridized carbons (Fsp3) is 1.00. The Bertz CT molecular complexity index is 305. The molecule has 3 saturated carbocycles. The van der Waals surface area contributed by atoms with Gasteiger partial charge in [0, 0.05) is 0 Å². The van der Waals surface area contributed by atoms with E-state index in [9.17, 15) is 5.11 Å². The van der Waals surface area contributed by atoms with E-state index in [0.29, 0.717) is 11.3 Å². The standard InChI is InChI=1S/C15H26O/c1-9-5-6-10-12(9)13-11(14(13,2)3)7-8-15(10,4)16/h9-13,16H,5-8H2,1-4H3/t9-,10-,11+,12-,13+,15+/m1/s1. The molecule has 0 spiro atoms. The molecule has 1 N–H and O–H groups in total. The average molecular weight is 222 g/mol. The van der Waals surface area contributed by atoms with Gasteiger partial charge in [0.2, 0.25) is 0 Å². The van der Waals surface area contributed by atoms with E-state index in [-0.39, 0.29) is 5.60 Å². The molecule has 0 heterocycles. The molecule has 3 rings (SSSR count). The first-order valence-corrected chi connectivity index (χ1v) is 7.08. The minimum Gasteiger partial charge on any atom is -0.390 e. The SMILES string of the molecule is C[C@@H]1CC[C@@H]2[C@@H]1[C@@H]1[C@H](CC[C@]2(C)O)C1(C)C. The van der Waals surface area contributed by atoms with Crippen molar-refractivity contribution in [1.29, 1.82) is 0 Å². The fourth-order valence-corrected chi connectivity index (χ4v) is 5.29. The van der Waals surface area contributed by atoms with Crippen LogP contribution in [0.5, 0.6) is 0 Å². The van der Waals surface area contributed by atoms with E-state index in [2.05, 4.69) is 27.7 Å². The minimum absolute atomic E-state index is 0.376. The highest BCUT2D eigenvalue weighted by atomic mass is 16.3. The molecule has 0 saturated heterocycles. The van der Waals surface area contributed by atoms with Crippen molar-refractivity contribution in [2.24, 2.45) is 35.0 Å². The lowest BCUT2D eigenvalue weighted by molar-refractivity contribution is -0.0302. The Morgan fingerprint density at radius 3 is 2.38 bits per heavy atom. The third-order valence-corrected chi connectivity index (χ3v) is 6.37. The van der Waals surface area contributed by atoms with Crippen molar-refractivity contribution >= 4 is 0 Å². The lowest BCUT2D eigenvalue weighted by Crippen LogP contribution is -2.38. The molecule has 0 aliphatic heterocycles. The van der Waals surface area contributed by atoms with Crippen LogP contribution in [0.25, 0.3) is 0 Å². The lowest BCUT2D eigenvalue weighted by atomic mass is 9.74. The molecule has 3 fully saturated rings. The van der Waals surface area contributed by atoms with Crippen molar-refractivity contribution in [3.05, 3.63) is 0 Å². The normalized spacial score (nSPS) is 58.7. The van der Waals surface area contributed by atoms with Crippen LogP contribution in [0.1, 0.15) is 53.4 Å². The highest BCUT2D eigenvalue weighted by molar-refractivity contribution is 5.14. The Balaban J connectivity index is 1.94. The molecule has 16 heavy (non-hydrogen) atoms. The molecule has 0 aromatic heterocycles. The summed E-state index contributed by atoms with van der Waals surface area (Å²) in [5, 5.41) is 10.7. The van der Waals surface area contributed by atoms with Gasteiger partial charge in [-0.2, -0.15) is 0 Å². The van der Waals surface area contributed by atoms with Crippen LogP contribution in [0, 0.1) is 35.0 Å². The summed E-state index contributed by atoms with van der Waals surface area (Å²) in [6, 6.07) is 0. The molecule has 92 valence electrons. The first-order chi connectivity index (χ1) is 7.36. The van der Waals surface area contributed by atoms with E-state index in [1.165, 1.54) is 19.3 Å². The van der Waals surface area contributed by atoms with Crippen molar-refractivity contribution in [3.63, 3.8) is 0 Å². The maximum atomic E-state index is 10.7. The van der Waals surface area contributed by atoms with Gasteiger partial charge in [-0.25, -0.2) is 0 Å². The number of fused-ring (bicyclic) bond motifs is 3. The summed E-state index contributed by atoms with van der Waals surface area (Å²) < 4.78 is 0. The van der Waals surface area contributed by atoms with Crippen molar-refractivity contribution in [1.82, 2.24) is 0 Å². The Kier molecular flexibility index (Phi) is 2.11. The Labute approximate surface area is 99.6 Å². The summed E-state index contributed by atoms with van der Waals surface area (Å²) >= 11 is 0. The van der Waals surface area contributed by atoms with Crippen LogP contribution in [0.2, 0.25) is 0 Å². The zero-order valence-electron chi connectivity index (χ0n) is 11.2. The number of hydrogen-bond donors (Lipinski definition) is 1. The van der Waals surface area contributed by atoms with Gasteiger partial charge in [-0.3, -0.25) is 0 Å². The first-order valence-electron chi connectivity index (χ1n) is 7.08. The molecular formula is C15H26O. The number of aliphatic hydroxyl groups is 1. The Hall–Kier alpha value is -0.0400. The van der Waals surface area contributed by atoms with Crippen LogP contribution in [-0.4, -0.2) is 10.7 Å². The second kappa shape index (κ2) is 3.04. The third-order valence-electron chi connectivity index (χ3n) is 6.37. The van der Waals surface area contributed by atoms with Gasteiger partial charge in [0.05, 0.1) is 5.60 Å². The van der Waals surface area contributed by atoms with Gasteiger partial charge in [0.25, 0.3) is 0 Å². The molecule has 0 radical (unpaired) electrons. The second-order valence-corrected chi connectivity index (χ2v) is 7.59. The van der Waals surface area contributed by atoms with Gasteiger partial charge in [-0.1, -0.05) is 27.2 Å². The highest BCUT2D eigenvalue weighted by Crippen LogP contribution is 2.71. The van der Waals surface area contributed by atoms with Gasteiger partial charge >= 0.3 is 0 Å². The van der Waals surface area contributed by atoms with E-state index in [1.54, 1.807) is 0 Å². The van der Waals surface area contributed by atoms with Crippen LogP contribution >= 0.6 is 0 Å². The summed E-state index contributed by atoms with van der Waals surface area (Å²) in [4.78, 5) is 0. The molecule has 6 atom stereocenters. The largest absolute Gasteiger partial charge is 0.390 e. The predicted molar refractivity (Wildman–Crippen MR) is 66.0 cm³/mol. The van der Waals surface area contributed by atoms with Crippen LogP contribution in [0.15, 0.2) is 0 Å². The van der Waals surface area contributed by atoms with E-state index in [4.69, 9.17) is 0 Å². The Morgan fingerprint density at radius 2 is 1.69 bits per heavy atom. The predicted octanol–water partition coefficient (Wildman–Crippen LogP) is 3.47. The molecule has 1 heteroatoms. The summed E-state index contributed by atoms with van der Waals surface area (Å²) in [7, 11) is 0. The van der Waals surface area contributed by atoms with Crippen molar-refractivity contribution in [3.8, 4) is 0 Å². The summed E-state index contributed by atoms with van der Waals surface area (Å²) in [5.41, 5.74) is 0.191. The zero-order valence-corrected chi connectivity index (χ0v) is 11.2. The minimum atomic E-state index is -0.376. The van der Waals surface area contributed by atoms with Crippen LogP contribution in [0.4, 0.5) is 0 Å². The molecular weight excluding hydrogens is 196 g/mol. The lowest BCUT2D eigenvalue weighted by Gasteiger charge is -2.35. The molecule has 1 nitrogen and oxygen atoms in total. The molecule has 3 aliphatic carbocycles. The highest BCUT2D eigenvalue weighted by Gasteiger charge is 2.66. The smallest absolute Gasteiger partial charge is 0.0650 e. The summed E-state index contributed by atoms with van der Waals surface area (Å²) in [6.07, 6.45) is 4.89. The van der Waals surface area contributed by atoms with E-state index < -0.39 is 0 Å². The topological polar surface area (TPSA) is 20.2 Å². The van der Waals surface area contributed by atoms with Gasteiger partial charge in [0.15, 0.2) is 0 Å². The maximum absolute atomic E-state index is 10.7. The van der Waals surface area contributed by atoms with Crippen molar-refractivity contribution < 1.29 is 5.11 Å². The number of hydrogen-bond acceptors (Lipinski definition) is 1. The number of rotatable bonds is 0. The van der Waals surface area contributed by atoms with Crippen LogP contribution in [-0.2, 0) is 0 Å². The summed E-state index contributed by atoms with van der Waals surface area (Å²) in [6.45, 7) is 9.41. The average Bonchev–Trinajstić information content (AvgIpc) is 2.51. The van der Waals surface area contributed by atoms with Crippen LogP contribution in [0.3, 0.4) is 0 Å². The van der Waals surface area contributed by atoms with Crippen molar-refractivity contribution in [2.75, 3.05) is 0 Å². The monoisotopic (exact) mass is 222 g/mol. The van der Waals surface area contributed by atoms with E-state index in [0.717, 1.165) is 30.1 Å². The molecule has 0 amide bonds. The second-order valence-electron chi connectivity index (χ2n) is 7.59. The molecule has 3 aliphatic rings. The fourth-order valence-electron chi connectivity index (χ4n) is 5.29. The molecule has 0 aromatic rings. The van der Waals surface area contributed by atoms with Gasteiger partial charge in [0.1, 0.15) is 0 Å². The Morgan fingerprint density at radius 1 is 1.00 bits per heavy atom. The van der Waals surface area contributed by atoms with Gasteiger partial charge in [-0.15, -0.1) is 0 Å². The van der Waals surface area contributed by atoms with Crippen molar-refractivity contribution in [2.45, 2.75) is 59.0 Å². The maximum Gasteiger partial charge on any atom is 0.0650 e.